The molecule has 2 aromatic heterocycles. The Morgan fingerprint density at radius 1 is 1.11 bits per heavy atom. The summed E-state index contributed by atoms with van der Waals surface area (Å²) in [5, 5.41) is 15.3. The molecule has 0 aliphatic carbocycles. The number of hydrogen-bond donors (Lipinski definition) is 2. The van der Waals surface area contributed by atoms with Crippen molar-refractivity contribution in [3.8, 4) is 11.3 Å². The fourth-order valence-electron chi connectivity index (χ4n) is 4.53. The number of fused-ring (bicyclic) bond motifs is 1. The lowest BCUT2D eigenvalue weighted by atomic mass is 9.94. The van der Waals surface area contributed by atoms with Crippen molar-refractivity contribution < 1.29 is 14.2 Å². The Bertz CT molecular complexity index is 1340. The molecule has 8 heteroatoms. The highest BCUT2D eigenvalue weighted by atomic mass is 32.2. The van der Waals surface area contributed by atoms with Crippen LogP contribution in [0.3, 0.4) is 0 Å². The molecule has 1 aliphatic rings. The lowest BCUT2D eigenvalue weighted by molar-refractivity contribution is 0.198. The predicted molar refractivity (Wildman–Crippen MR) is 144 cm³/mol. The van der Waals surface area contributed by atoms with E-state index in [1.165, 1.54) is 0 Å². The third-order valence-electron chi connectivity index (χ3n) is 6.47. The molecular weight excluding hydrogens is 472 g/mol. The molecule has 0 saturated carbocycles. The van der Waals surface area contributed by atoms with E-state index in [1.54, 1.807) is 0 Å². The highest BCUT2D eigenvalue weighted by Crippen LogP contribution is 2.35. The van der Waals surface area contributed by atoms with Gasteiger partial charge in [-0.25, -0.2) is 4.98 Å². The molecule has 4 aromatic rings. The minimum Gasteiger partial charge on any atom is -0.598 e. The Labute approximate surface area is 214 Å². The van der Waals surface area contributed by atoms with Crippen molar-refractivity contribution in [2.75, 3.05) is 18.0 Å². The van der Waals surface area contributed by atoms with Gasteiger partial charge < -0.3 is 19.1 Å². The molecule has 2 aromatic carbocycles. The highest BCUT2D eigenvalue weighted by Gasteiger charge is 2.32. The van der Waals surface area contributed by atoms with E-state index in [4.69, 9.17) is 9.51 Å². The standard InChI is InChI=1S/C28H32N4O3S/c1-28(2,3)36(34)31-24(17-19-9-8-14-26(29-19)32-16-15-20(33)18-32)21-10-4-5-11-22(21)27-23-12-6-7-13-25(23)35-30-27/h4-14,20,24,31,33H,15-18H2,1-3H3/t20-,24?,36+/m1/s1. The van der Waals surface area contributed by atoms with Crippen molar-refractivity contribution >= 4 is 28.1 Å². The van der Waals surface area contributed by atoms with Gasteiger partial charge in [-0.15, -0.1) is 4.72 Å². The summed E-state index contributed by atoms with van der Waals surface area (Å²) in [6, 6.07) is 21.6. The van der Waals surface area contributed by atoms with E-state index >= 15 is 0 Å². The van der Waals surface area contributed by atoms with Crippen LogP contribution in [0.1, 0.15) is 44.5 Å². The summed E-state index contributed by atoms with van der Waals surface area (Å²) in [7, 11) is 0. The molecular formula is C28H32N4O3S. The van der Waals surface area contributed by atoms with Crippen molar-refractivity contribution in [1.82, 2.24) is 14.9 Å². The van der Waals surface area contributed by atoms with Gasteiger partial charge in [0, 0.05) is 47.5 Å². The molecule has 5 rings (SSSR count). The number of rotatable bonds is 7. The van der Waals surface area contributed by atoms with Gasteiger partial charge in [-0.05, 0) is 57.0 Å². The van der Waals surface area contributed by atoms with Crippen LogP contribution in [0.2, 0.25) is 0 Å². The van der Waals surface area contributed by atoms with Crippen LogP contribution in [-0.2, 0) is 17.8 Å². The number of hydrogen-bond acceptors (Lipinski definition) is 7. The molecule has 0 amide bonds. The maximum absolute atomic E-state index is 13.3. The summed E-state index contributed by atoms with van der Waals surface area (Å²) < 4.78 is 21.8. The Balaban J connectivity index is 1.53. The molecule has 1 fully saturated rings. The van der Waals surface area contributed by atoms with Crippen LogP contribution in [0.15, 0.2) is 71.3 Å². The summed E-state index contributed by atoms with van der Waals surface area (Å²) in [5.41, 5.74) is 4.30. The monoisotopic (exact) mass is 504 g/mol. The lowest BCUT2D eigenvalue weighted by Gasteiger charge is -2.29. The highest BCUT2D eigenvalue weighted by molar-refractivity contribution is 7.90. The molecule has 1 unspecified atom stereocenters. The van der Waals surface area contributed by atoms with Crippen LogP contribution in [0, 0.1) is 0 Å². The minimum absolute atomic E-state index is 0.274. The minimum atomic E-state index is -1.30. The quantitative estimate of drug-likeness (QED) is 0.349. The molecule has 188 valence electrons. The number of aliphatic hydroxyl groups excluding tert-OH is 1. The number of nitrogens with zero attached hydrogens (tertiary/aromatic N) is 3. The van der Waals surface area contributed by atoms with Gasteiger partial charge in [0.05, 0.1) is 12.1 Å². The van der Waals surface area contributed by atoms with E-state index < -0.39 is 16.1 Å². The third-order valence-corrected chi connectivity index (χ3v) is 8.08. The fraction of sp³-hybridized carbons (Fsp3) is 0.357. The van der Waals surface area contributed by atoms with E-state index in [1.807, 2.05) is 81.4 Å². The molecule has 3 heterocycles. The lowest BCUT2D eigenvalue weighted by Crippen LogP contribution is -2.42. The van der Waals surface area contributed by atoms with Gasteiger partial charge in [0.2, 0.25) is 0 Å². The molecule has 1 aliphatic heterocycles. The topological polar surface area (TPSA) is 97.5 Å². The molecule has 36 heavy (non-hydrogen) atoms. The van der Waals surface area contributed by atoms with Gasteiger partial charge in [-0.2, -0.15) is 0 Å². The van der Waals surface area contributed by atoms with Gasteiger partial charge in [-0.1, -0.05) is 47.6 Å². The van der Waals surface area contributed by atoms with E-state index in [9.17, 15) is 9.66 Å². The van der Waals surface area contributed by atoms with Gasteiger partial charge in [0.25, 0.3) is 0 Å². The largest absolute Gasteiger partial charge is 0.598 e. The van der Waals surface area contributed by atoms with Gasteiger partial charge >= 0.3 is 0 Å². The second kappa shape index (κ2) is 10.2. The Kier molecular flexibility index (Phi) is 7.03. The van der Waals surface area contributed by atoms with E-state index in [0.717, 1.165) is 52.3 Å². The van der Waals surface area contributed by atoms with Crippen molar-refractivity contribution in [3.63, 3.8) is 0 Å². The number of pyridine rings is 1. The number of aliphatic hydroxyl groups is 1. The normalized spacial score (nSPS) is 18.0. The van der Waals surface area contributed by atoms with Crippen molar-refractivity contribution in [3.05, 3.63) is 78.0 Å². The Morgan fingerprint density at radius 2 is 1.89 bits per heavy atom. The number of aromatic nitrogens is 2. The number of anilines is 1. The van der Waals surface area contributed by atoms with Crippen LogP contribution in [0.5, 0.6) is 0 Å². The maximum atomic E-state index is 13.3. The number of para-hydroxylation sites is 1. The SMILES string of the molecule is CC(C)(C)[S@+]([O-])NC(Cc1cccc(N2CC[C@@H](O)C2)n1)c1ccccc1-c1noc2ccccc12. The first-order chi connectivity index (χ1) is 17.3. The van der Waals surface area contributed by atoms with Crippen LogP contribution < -0.4 is 9.62 Å². The number of β-amino-alcohol motifs (C(OH)–C–C–N with tert-alkyl or cyclic N) is 1. The predicted octanol–water partition coefficient (Wildman–Crippen LogP) is 4.80. The van der Waals surface area contributed by atoms with Crippen LogP contribution in [0.25, 0.3) is 22.2 Å². The Morgan fingerprint density at radius 3 is 2.67 bits per heavy atom. The zero-order valence-corrected chi connectivity index (χ0v) is 21.7. The third kappa shape index (κ3) is 5.27. The molecule has 3 atom stereocenters. The zero-order valence-electron chi connectivity index (χ0n) is 20.8. The van der Waals surface area contributed by atoms with E-state index in [2.05, 4.69) is 20.8 Å². The van der Waals surface area contributed by atoms with Crippen molar-refractivity contribution in [1.29, 1.82) is 0 Å². The average molecular weight is 505 g/mol. The molecule has 0 spiro atoms. The summed E-state index contributed by atoms with van der Waals surface area (Å²) in [6.07, 6.45) is 0.974. The maximum Gasteiger partial charge on any atom is 0.167 e. The van der Waals surface area contributed by atoms with Gasteiger partial charge in [0.1, 0.15) is 16.3 Å². The van der Waals surface area contributed by atoms with Crippen LogP contribution in [0.4, 0.5) is 5.82 Å². The number of benzene rings is 2. The summed E-state index contributed by atoms with van der Waals surface area (Å²) in [5.74, 6) is 0.857. The van der Waals surface area contributed by atoms with Gasteiger partial charge in [0.15, 0.2) is 5.58 Å². The second-order valence-electron chi connectivity index (χ2n) is 10.2. The fourth-order valence-corrected chi connectivity index (χ4v) is 5.36. The Hall–Kier alpha value is -2.91. The average Bonchev–Trinajstić information content (AvgIpc) is 3.49. The van der Waals surface area contributed by atoms with Crippen LogP contribution >= 0.6 is 0 Å². The first-order valence-electron chi connectivity index (χ1n) is 12.3. The molecule has 0 radical (unpaired) electrons. The van der Waals surface area contributed by atoms with E-state index in [0.29, 0.717) is 13.0 Å². The summed E-state index contributed by atoms with van der Waals surface area (Å²) in [4.78, 5) is 7.02. The zero-order chi connectivity index (χ0) is 25.3. The number of nitrogens with one attached hydrogen (secondary N) is 1. The summed E-state index contributed by atoms with van der Waals surface area (Å²) in [6.45, 7) is 7.26. The van der Waals surface area contributed by atoms with Gasteiger partial charge in [-0.3, -0.25) is 0 Å². The molecule has 0 bridgehead atoms. The first-order valence-corrected chi connectivity index (χ1v) is 13.5. The molecule has 2 N–H and O–H groups in total. The van der Waals surface area contributed by atoms with Crippen LogP contribution in [-0.4, -0.2) is 43.7 Å². The van der Waals surface area contributed by atoms with Crippen molar-refractivity contribution in [2.45, 2.75) is 50.5 Å². The summed E-state index contributed by atoms with van der Waals surface area (Å²) >= 11 is -1.30. The smallest absolute Gasteiger partial charge is 0.167 e. The molecule has 7 nitrogen and oxygen atoms in total. The van der Waals surface area contributed by atoms with E-state index in [-0.39, 0.29) is 12.1 Å². The first kappa shape index (κ1) is 24.8. The van der Waals surface area contributed by atoms with Crippen molar-refractivity contribution in [2.24, 2.45) is 0 Å². The second-order valence-corrected chi connectivity index (χ2v) is 12.2. The molecule has 1 saturated heterocycles.